The summed E-state index contributed by atoms with van der Waals surface area (Å²) in [7, 11) is -0.440. The van der Waals surface area contributed by atoms with Crippen molar-refractivity contribution in [2.45, 2.75) is 46.1 Å². The fourth-order valence-electron chi connectivity index (χ4n) is 2.25. The van der Waals surface area contributed by atoms with Crippen LogP contribution in [0.4, 0.5) is 5.69 Å². The molecule has 1 saturated heterocycles. The van der Waals surface area contributed by atoms with Crippen LogP contribution in [0.1, 0.15) is 40.5 Å². The van der Waals surface area contributed by atoms with E-state index >= 15 is 0 Å². The molecule has 1 amide bonds. The Hall–Kier alpha value is -1.86. The molecule has 0 atom stereocenters. The van der Waals surface area contributed by atoms with Gasteiger partial charge in [0.1, 0.15) is 0 Å². The number of carboxylic acids is 1. The molecule has 24 heavy (non-hydrogen) atoms. The number of nitrogens with one attached hydrogen (secondary N) is 1. The SMILES string of the molecule is CC1(C)COB(c2ccc(NC(=O)CCC(=O)O)cc2)OC1(C)C. The maximum Gasteiger partial charge on any atom is 0.494 e. The minimum absolute atomic E-state index is 0.0464. The number of carboxylic acid groups (broad SMARTS) is 1. The third-order valence-electron chi connectivity index (χ3n) is 4.66. The van der Waals surface area contributed by atoms with E-state index in [0.29, 0.717) is 12.3 Å². The molecule has 0 unspecified atom stereocenters. The molecule has 0 bridgehead atoms. The highest BCUT2D eigenvalue weighted by molar-refractivity contribution is 6.61. The zero-order valence-corrected chi connectivity index (χ0v) is 14.6. The van der Waals surface area contributed by atoms with Crippen molar-refractivity contribution in [3.8, 4) is 0 Å². The van der Waals surface area contributed by atoms with Crippen molar-refractivity contribution in [3.63, 3.8) is 0 Å². The van der Waals surface area contributed by atoms with Crippen molar-refractivity contribution < 1.29 is 24.0 Å². The number of rotatable bonds is 5. The van der Waals surface area contributed by atoms with Gasteiger partial charge in [-0.15, -0.1) is 0 Å². The van der Waals surface area contributed by atoms with Crippen LogP contribution in [0, 0.1) is 5.41 Å². The molecule has 1 aliphatic heterocycles. The maximum atomic E-state index is 11.6. The first-order valence-electron chi connectivity index (χ1n) is 8.02. The zero-order valence-electron chi connectivity index (χ0n) is 14.6. The van der Waals surface area contributed by atoms with E-state index in [9.17, 15) is 9.59 Å². The van der Waals surface area contributed by atoms with Crippen LogP contribution < -0.4 is 10.8 Å². The molecule has 0 aromatic heterocycles. The fourth-order valence-corrected chi connectivity index (χ4v) is 2.25. The van der Waals surface area contributed by atoms with Crippen molar-refractivity contribution in [2.24, 2.45) is 5.41 Å². The highest BCUT2D eigenvalue weighted by Gasteiger charge is 2.46. The Balaban J connectivity index is 1.97. The topological polar surface area (TPSA) is 84.9 Å². The Labute approximate surface area is 142 Å². The molecule has 7 heteroatoms. The number of benzene rings is 1. The van der Waals surface area contributed by atoms with E-state index in [2.05, 4.69) is 33.0 Å². The molecule has 1 heterocycles. The van der Waals surface area contributed by atoms with Crippen LogP contribution in [0.3, 0.4) is 0 Å². The van der Waals surface area contributed by atoms with Gasteiger partial charge in [0.05, 0.1) is 12.0 Å². The van der Waals surface area contributed by atoms with Crippen molar-refractivity contribution in [3.05, 3.63) is 24.3 Å². The number of carbonyl (C=O) groups excluding carboxylic acids is 1. The molecular formula is C17H24BNO5. The summed E-state index contributed by atoms with van der Waals surface area (Å²) in [5.41, 5.74) is 1.09. The summed E-state index contributed by atoms with van der Waals surface area (Å²) in [6.07, 6.45) is -0.228. The lowest BCUT2D eigenvalue weighted by Gasteiger charge is -2.47. The standard InChI is InChI=1S/C17H24BNO5/c1-16(2)11-23-18(24-17(16,3)4)12-5-7-13(8-6-12)19-14(20)9-10-15(21)22/h5-8H,9-11H2,1-4H3,(H,19,20)(H,21,22). The van der Waals surface area contributed by atoms with E-state index < -0.39 is 13.1 Å². The summed E-state index contributed by atoms with van der Waals surface area (Å²) < 4.78 is 11.9. The van der Waals surface area contributed by atoms with Gasteiger partial charge in [-0.3, -0.25) is 9.59 Å². The highest BCUT2D eigenvalue weighted by atomic mass is 16.6. The van der Waals surface area contributed by atoms with Gasteiger partial charge in [-0.25, -0.2) is 0 Å². The molecule has 0 spiro atoms. The summed E-state index contributed by atoms with van der Waals surface area (Å²) in [5.74, 6) is -1.31. The van der Waals surface area contributed by atoms with Gasteiger partial charge in [0.15, 0.2) is 0 Å². The summed E-state index contributed by atoms with van der Waals surface area (Å²) in [6, 6.07) is 7.19. The first-order valence-corrected chi connectivity index (χ1v) is 8.02. The van der Waals surface area contributed by atoms with Crippen molar-refractivity contribution in [1.29, 1.82) is 0 Å². The average Bonchev–Trinajstić information content (AvgIpc) is 2.49. The minimum atomic E-state index is -0.988. The largest absolute Gasteiger partial charge is 0.494 e. The van der Waals surface area contributed by atoms with Gasteiger partial charge in [0, 0.05) is 24.1 Å². The van der Waals surface area contributed by atoms with Gasteiger partial charge in [0.25, 0.3) is 0 Å². The predicted molar refractivity (Wildman–Crippen MR) is 92.2 cm³/mol. The van der Waals surface area contributed by atoms with E-state index in [1.54, 1.807) is 12.1 Å². The third kappa shape index (κ3) is 4.36. The minimum Gasteiger partial charge on any atom is -0.481 e. The van der Waals surface area contributed by atoms with Gasteiger partial charge < -0.3 is 19.7 Å². The smallest absolute Gasteiger partial charge is 0.481 e. The van der Waals surface area contributed by atoms with Crippen LogP contribution in [-0.4, -0.2) is 36.3 Å². The van der Waals surface area contributed by atoms with Crippen LogP contribution in [0.15, 0.2) is 24.3 Å². The second-order valence-corrected chi connectivity index (χ2v) is 7.22. The van der Waals surface area contributed by atoms with Gasteiger partial charge in [-0.1, -0.05) is 26.0 Å². The Morgan fingerprint density at radius 3 is 2.33 bits per heavy atom. The Morgan fingerprint density at radius 1 is 1.17 bits per heavy atom. The molecule has 1 fully saturated rings. The molecule has 0 aliphatic carbocycles. The monoisotopic (exact) mass is 333 g/mol. The van der Waals surface area contributed by atoms with E-state index in [4.69, 9.17) is 14.4 Å². The van der Waals surface area contributed by atoms with Crippen LogP contribution in [-0.2, 0) is 18.9 Å². The molecular weight excluding hydrogens is 309 g/mol. The van der Waals surface area contributed by atoms with Crippen molar-refractivity contribution in [1.82, 2.24) is 0 Å². The number of amides is 1. The van der Waals surface area contributed by atoms with Gasteiger partial charge in [-0.05, 0) is 31.4 Å². The molecule has 1 aromatic rings. The van der Waals surface area contributed by atoms with Crippen molar-refractivity contribution in [2.75, 3.05) is 11.9 Å². The number of hydrogen-bond donors (Lipinski definition) is 2. The Kier molecular flexibility index (Phi) is 5.35. The van der Waals surface area contributed by atoms with Gasteiger partial charge in [-0.2, -0.15) is 0 Å². The van der Waals surface area contributed by atoms with E-state index in [1.165, 1.54) is 0 Å². The molecule has 0 radical (unpaired) electrons. The lowest BCUT2D eigenvalue weighted by atomic mass is 9.69. The van der Waals surface area contributed by atoms with Crippen LogP contribution in [0.5, 0.6) is 0 Å². The molecule has 2 rings (SSSR count). The number of hydrogen-bond acceptors (Lipinski definition) is 4. The second-order valence-electron chi connectivity index (χ2n) is 7.22. The van der Waals surface area contributed by atoms with E-state index in [1.807, 2.05) is 12.1 Å². The molecule has 130 valence electrons. The molecule has 1 aromatic carbocycles. The molecule has 0 saturated carbocycles. The quantitative estimate of drug-likeness (QED) is 0.806. The first-order chi connectivity index (χ1) is 11.1. The second kappa shape index (κ2) is 6.95. The maximum absolute atomic E-state index is 11.6. The lowest BCUT2D eigenvalue weighted by Crippen LogP contribution is -2.58. The third-order valence-corrected chi connectivity index (χ3v) is 4.66. The normalized spacial score (nSPS) is 18.9. The first kappa shape index (κ1) is 18.5. The Morgan fingerprint density at radius 2 is 1.79 bits per heavy atom. The molecule has 2 N–H and O–H groups in total. The number of anilines is 1. The molecule has 6 nitrogen and oxygen atoms in total. The predicted octanol–water partition coefficient (Wildman–Crippen LogP) is 2.04. The summed E-state index contributed by atoms with van der Waals surface area (Å²) in [4.78, 5) is 22.1. The van der Waals surface area contributed by atoms with Gasteiger partial charge in [0.2, 0.25) is 5.91 Å². The fraction of sp³-hybridized carbons (Fsp3) is 0.529. The van der Waals surface area contributed by atoms with E-state index in [0.717, 1.165) is 5.46 Å². The summed E-state index contributed by atoms with van der Waals surface area (Å²) in [6.45, 7) is 8.93. The summed E-state index contributed by atoms with van der Waals surface area (Å²) >= 11 is 0. The Bertz CT molecular complexity index is 612. The molecule has 1 aliphatic rings. The van der Waals surface area contributed by atoms with Gasteiger partial charge >= 0.3 is 13.1 Å². The summed E-state index contributed by atoms with van der Waals surface area (Å²) in [5, 5.41) is 11.3. The van der Waals surface area contributed by atoms with Crippen LogP contribution >= 0.6 is 0 Å². The lowest BCUT2D eigenvalue weighted by molar-refractivity contribution is -0.138. The van der Waals surface area contributed by atoms with E-state index in [-0.39, 0.29) is 29.8 Å². The average molecular weight is 333 g/mol. The number of aliphatic carboxylic acids is 1. The van der Waals surface area contributed by atoms with Crippen LogP contribution in [0.25, 0.3) is 0 Å². The number of carbonyl (C=O) groups is 2. The highest BCUT2D eigenvalue weighted by Crippen LogP contribution is 2.38. The van der Waals surface area contributed by atoms with Crippen molar-refractivity contribution >= 4 is 30.1 Å². The van der Waals surface area contributed by atoms with Crippen LogP contribution in [0.2, 0.25) is 0 Å². The zero-order chi connectivity index (χ0) is 18.0.